The van der Waals surface area contributed by atoms with E-state index in [0.29, 0.717) is 6.54 Å². The molecule has 5 nitrogen and oxygen atoms in total. The van der Waals surface area contributed by atoms with E-state index in [-0.39, 0.29) is 30.5 Å². The third-order valence-electron chi connectivity index (χ3n) is 3.51. The molecule has 0 saturated heterocycles. The number of rotatable bonds is 7. The number of benzene rings is 2. The molecule has 138 valence electrons. The Kier molecular flexibility index (Phi) is 6.74. The topological polar surface area (TPSA) is 62.6 Å². The lowest BCUT2D eigenvalue weighted by atomic mass is 10.2. The summed E-state index contributed by atoms with van der Waals surface area (Å²) in [6.45, 7) is 0.242. The maximum absolute atomic E-state index is 13.1. The molecule has 1 atom stereocenters. The van der Waals surface area contributed by atoms with Gasteiger partial charge in [-0.3, -0.25) is 9.59 Å². The van der Waals surface area contributed by atoms with Crippen molar-refractivity contribution in [3.05, 3.63) is 65.5 Å². The van der Waals surface area contributed by atoms with Crippen LogP contribution in [0.5, 0.6) is 0 Å². The minimum atomic E-state index is -1.07. The summed E-state index contributed by atoms with van der Waals surface area (Å²) in [5, 5.41) is 4.80. The van der Waals surface area contributed by atoms with Crippen molar-refractivity contribution in [1.82, 2.24) is 5.32 Å². The highest BCUT2D eigenvalue weighted by Crippen LogP contribution is 2.12. The van der Waals surface area contributed by atoms with Gasteiger partial charge in [-0.25, -0.2) is 13.2 Å². The second kappa shape index (κ2) is 9.00. The van der Waals surface area contributed by atoms with Crippen LogP contribution in [-0.4, -0.2) is 32.0 Å². The SMILES string of the molecule is C[NH+](CC(=O)NCC(=O)Nc1ccc(F)c(F)c1)Cc1cccc(F)c1. The molecule has 0 fully saturated rings. The summed E-state index contributed by atoms with van der Waals surface area (Å²) >= 11 is 0. The maximum Gasteiger partial charge on any atom is 0.275 e. The first-order chi connectivity index (χ1) is 12.3. The van der Waals surface area contributed by atoms with Crippen molar-refractivity contribution in [3.63, 3.8) is 0 Å². The number of nitrogens with one attached hydrogen (secondary N) is 3. The van der Waals surface area contributed by atoms with Crippen LogP contribution in [0.3, 0.4) is 0 Å². The number of carbonyl (C=O) groups excluding carboxylic acids is 2. The Bertz CT molecular complexity index is 799. The molecule has 8 heteroatoms. The predicted octanol–water partition coefficient (Wildman–Crippen LogP) is 0.874. The van der Waals surface area contributed by atoms with E-state index < -0.39 is 17.5 Å². The number of amides is 2. The van der Waals surface area contributed by atoms with Crippen LogP contribution in [0, 0.1) is 17.5 Å². The molecule has 2 aromatic rings. The van der Waals surface area contributed by atoms with Crippen molar-refractivity contribution in [3.8, 4) is 0 Å². The summed E-state index contributed by atoms with van der Waals surface area (Å²) in [5.41, 5.74) is 0.850. The van der Waals surface area contributed by atoms with Gasteiger partial charge in [-0.05, 0) is 24.3 Å². The fourth-order valence-electron chi connectivity index (χ4n) is 2.35. The summed E-state index contributed by atoms with van der Waals surface area (Å²) in [6, 6.07) is 9.07. The van der Waals surface area contributed by atoms with Gasteiger partial charge in [0.05, 0.1) is 13.6 Å². The van der Waals surface area contributed by atoms with E-state index in [2.05, 4.69) is 10.6 Å². The first-order valence-corrected chi connectivity index (χ1v) is 7.91. The van der Waals surface area contributed by atoms with Crippen LogP contribution in [0.25, 0.3) is 0 Å². The van der Waals surface area contributed by atoms with Gasteiger partial charge in [0.1, 0.15) is 12.4 Å². The van der Waals surface area contributed by atoms with E-state index in [1.807, 2.05) is 0 Å². The molecule has 2 aromatic carbocycles. The summed E-state index contributed by atoms with van der Waals surface area (Å²) in [7, 11) is 1.77. The van der Waals surface area contributed by atoms with E-state index in [1.165, 1.54) is 18.2 Å². The lowest BCUT2D eigenvalue weighted by Gasteiger charge is -2.14. The van der Waals surface area contributed by atoms with Crippen LogP contribution in [0.1, 0.15) is 5.56 Å². The molecule has 0 spiro atoms. The van der Waals surface area contributed by atoms with Crippen molar-refractivity contribution in [2.24, 2.45) is 0 Å². The third kappa shape index (κ3) is 6.21. The van der Waals surface area contributed by atoms with Gasteiger partial charge < -0.3 is 15.5 Å². The smallest absolute Gasteiger partial charge is 0.275 e. The molecule has 2 amide bonds. The van der Waals surface area contributed by atoms with Crippen LogP contribution in [-0.2, 0) is 16.1 Å². The van der Waals surface area contributed by atoms with E-state index in [4.69, 9.17) is 0 Å². The molecular formula is C18H19F3N3O2+. The van der Waals surface area contributed by atoms with Crippen molar-refractivity contribution in [1.29, 1.82) is 0 Å². The maximum atomic E-state index is 13.1. The van der Waals surface area contributed by atoms with Crippen molar-refractivity contribution in [2.75, 3.05) is 25.5 Å². The van der Waals surface area contributed by atoms with Crippen LogP contribution in [0.15, 0.2) is 42.5 Å². The van der Waals surface area contributed by atoms with Gasteiger partial charge >= 0.3 is 0 Å². The Labute approximate surface area is 148 Å². The second-order valence-corrected chi connectivity index (χ2v) is 5.89. The Morgan fingerprint density at radius 3 is 2.46 bits per heavy atom. The zero-order valence-corrected chi connectivity index (χ0v) is 14.1. The molecule has 0 radical (unpaired) electrons. The first kappa shape index (κ1) is 19.5. The quantitative estimate of drug-likeness (QED) is 0.681. The molecule has 26 heavy (non-hydrogen) atoms. The Morgan fingerprint density at radius 1 is 1.00 bits per heavy atom. The number of likely N-dealkylation sites (N-methyl/N-ethyl adjacent to an activating group) is 1. The lowest BCUT2D eigenvalue weighted by molar-refractivity contribution is -0.885. The standard InChI is InChI=1S/C18H18F3N3O2/c1-24(10-12-3-2-4-13(19)7-12)11-18(26)22-9-17(25)23-14-5-6-15(20)16(21)8-14/h2-8H,9-11H2,1H3,(H,22,26)(H,23,25)/p+1. The molecule has 0 bridgehead atoms. The van der Waals surface area contributed by atoms with Gasteiger partial charge in [0.15, 0.2) is 18.2 Å². The van der Waals surface area contributed by atoms with Gasteiger partial charge in [0, 0.05) is 17.3 Å². The highest BCUT2D eigenvalue weighted by molar-refractivity contribution is 5.94. The van der Waals surface area contributed by atoms with E-state index in [1.54, 1.807) is 19.2 Å². The molecule has 3 N–H and O–H groups in total. The number of anilines is 1. The summed E-state index contributed by atoms with van der Waals surface area (Å²) in [5.74, 6) is -3.35. The molecule has 0 saturated carbocycles. The highest BCUT2D eigenvalue weighted by Gasteiger charge is 2.13. The third-order valence-corrected chi connectivity index (χ3v) is 3.51. The fourth-order valence-corrected chi connectivity index (χ4v) is 2.35. The van der Waals surface area contributed by atoms with Gasteiger partial charge in [-0.1, -0.05) is 12.1 Å². The zero-order chi connectivity index (χ0) is 19.1. The summed E-state index contributed by atoms with van der Waals surface area (Å²) in [6.07, 6.45) is 0. The Morgan fingerprint density at radius 2 is 1.77 bits per heavy atom. The molecule has 0 aliphatic carbocycles. The number of carbonyl (C=O) groups is 2. The largest absolute Gasteiger partial charge is 0.342 e. The summed E-state index contributed by atoms with van der Waals surface area (Å²) < 4.78 is 39.0. The van der Waals surface area contributed by atoms with E-state index in [9.17, 15) is 22.8 Å². The second-order valence-electron chi connectivity index (χ2n) is 5.89. The molecule has 0 heterocycles. The minimum Gasteiger partial charge on any atom is -0.342 e. The van der Waals surface area contributed by atoms with Gasteiger partial charge in [-0.15, -0.1) is 0 Å². The number of hydrogen-bond acceptors (Lipinski definition) is 2. The predicted molar refractivity (Wildman–Crippen MR) is 89.9 cm³/mol. The van der Waals surface area contributed by atoms with Crippen LogP contribution in [0.4, 0.5) is 18.9 Å². The average Bonchev–Trinajstić information content (AvgIpc) is 2.56. The van der Waals surface area contributed by atoms with Gasteiger partial charge in [0.2, 0.25) is 5.91 Å². The number of quaternary nitrogens is 1. The van der Waals surface area contributed by atoms with Crippen LogP contribution < -0.4 is 15.5 Å². The molecule has 2 rings (SSSR count). The van der Waals surface area contributed by atoms with Gasteiger partial charge in [0.25, 0.3) is 5.91 Å². The van der Waals surface area contributed by atoms with E-state index in [0.717, 1.165) is 22.6 Å². The van der Waals surface area contributed by atoms with Crippen molar-refractivity contribution >= 4 is 17.5 Å². The van der Waals surface area contributed by atoms with Crippen molar-refractivity contribution in [2.45, 2.75) is 6.54 Å². The van der Waals surface area contributed by atoms with Crippen LogP contribution >= 0.6 is 0 Å². The lowest BCUT2D eigenvalue weighted by Crippen LogP contribution is -3.08. The Hall–Kier alpha value is -2.87. The normalized spacial score (nSPS) is 11.7. The number of halogens is 3. The number of hydrogen-bond donors (Lipinski definition) is 3. The first-order valence-electron chi connectivity index (χ1n) is 7.91. The minimum absolute atomic E-state index is 0.0922. The Balaban J connectivity index is 1.75. The fraction of sp³-hybridized carbons (Fsp3) is 0.222. The van der Waals surface area contributed by atoms with E-state index >= 15 is 0 Å². The summed E-state index contributed by atoms with van der Waals surface area (Å²) in [4.78, 5) is 24.4. The molecular weight excluding hydrogens is 347 g/mol. The van der Waals surface area contributed by atoms with Crippen LogP contribution in [0.2, 0.25) is 0 Å². The monoisotopic (exact) mass is 366 g/mol. The molecule has 1 unspecified atom stereocenters. The average molecular weight is 366 g/mol. The molecule has 0 aromatic heterocycles. The zero-order valence-electron chi connectivity index (χ0n) is 14.1. The van der Waals surface area contributed by atoms with Gasteiger partial charge in [-0.2, -0.15) is 0 Å². The highest BCUT2D eigenvalue weighted by atomic mass is 19.2. The molecule has 0 aliphatic heterocycles. The molecule has 0 aliphatic rings. The van der Waals surface area contributed by atoms with Crippen molar-refractivity contribution < 1.29 is 27.7 Å².